The first kappa shape index (κ1) is 72.4. The monoisotopic (exact) mass is 1160 g/mol. The molecule has 0 saturated heterocycles. The van der Waals surface area contributed by atoms with Crippen LogP contribution < -0.4 is 108 Å². The molecular weight excluding hydrogens is 1080 g/mol. The van der Waals surface area contributed by atoms with Crippen LogP contribution in [0.4, 0.5) is 0 Å². The first-order valence-corrected chi connectivity index (χ1v) is 25.7. The Morgan fingerprint density at radius 2 is 0.506 bits per heavy atom. The van der Waals surface area contributed by atoms with Gasteiger partial charge in [0.25, 0.3) is 0 Å². The lowest BCUT2D eigenvalue weighted by atomic mass is 10.0. The molecule has 0 aliphatic heterocycles. The van der Waals surface area contributed by atoms with Gasteiger partial charge >= 0.3 is 0 Å². The highest BCUT2D eigenvalue weighted by Gasteiger charge is 2.27. The number of carbonyl (C=O) groups excluding carboxylic acids is 16. The molecule has 36 heteroatoms. The minimum absolute atomic E-state index is 0.0271. The molecule has 0 radical (unpaired) electrons. The zero-order valence-corrected chi connectivity index (χ0v) is 45.0. The van der Waals surface area contributed by atoms with Crippen LogP contribution in [-0.4, -0.2) is 217 Å². The van der Waals surface area contributed by atoms with Crippen LogP contribution in [0.1, 0.15) is 64.2 Å². The average molecular weight is 1160 g/mol. The van der Waals surface area contributed by atoms with E-state index in [1.807, 2.05) is 0 Å². The molecule has 0 fully saturated rings. The third kappa shape index (κ3) is 39.4. The SMILES string of the molecule is NCC(=O)NCC(=O)NCC(=O)NCCCCC(NC(=O)CNC(=O)CNC(=O)CN)C(=O)NCCCCC(NC(=O)C(CCCCNC(=O)CNC(=O)CNC(=O)CN)NC(=O)CNC(=O)CNC(=O)CN)C(=O)NCCC(N)=O. The van der Waals surface area contributed by atoms with Crippen LogP contribution in [-0.2, 0) is 76.7 Å². The van der Waals surface area contributed by atoms with E-state index in [0.29, 0.717) is 6.42 Å². The van der Waals surface area contributed by atoms with Gasteiger partial charge in [0, 0.05) is 32.6 Å². The average Bonchev–Trinajstić information content (AvgIpc) is 3.44. The highest BCUT2D eigenvalue weighted by molar-refractivity contribution is 5.95. The topological polar surface area (TPSA) is 584 Å². The molecule has 3 atom stereocenters. The number of rotatable bonds is 44. The molecule has 0 aromatic rings. The van der Waals surface area contributed by atoms with Crippen LogP contribution in [0.25, 0.3) is 0 Å². The Balaban J connectivity index is 5.92. The van der Waals surface area contributed by atoms with Crippen molar-refractivity contribution in [3.63, 3.8) is 0 Å². The maximum Gasteiger partial charge on any atom is 0.243 e. The lowest BCUT2D eigenvalue weighted by Gasteiger charge is -2.23. The van der Waals surface area contributed by atoms with E-state index in [9.17, 15) is 76.7 Å². The highest BCUT2D eigenvalue weighted by atomic mass is 16.2. The highest BCUT2D eigenvalue weighted by Crippen LogP contribution is 2.07. The molecule has 0 aliphatic carbocycles. The molecular formula is C45H80N20O16. The van der Waals surface area contributed by atoms with Gasteiger partial charge in [0.05, 0.1) is 78.5 Å². The van der Waals surface area contributed by atoms with E-state index in [0.717, 1.165) is 0 Å². The molecule has 16 amide bonds. The summed E-state index contributed by atoms with van der Waals surface area (Å²) in [6.45, 7) is -5.28. The largest absolute Gasteiger partial charge is 0.370 e. The summed E-state index contributed by atoms with van der Waals surface area (Å²) in [7, 11) is 0. The number of carbonyl (C=O) groups is 16. The number of amides is 16. The number of hydrogen-bond donors (Lipinski definition) is 20. The third-order valence-electron chi connectivity index (χ3n) is 10.6. The summed E-state index contributed by atoms with van der Waals surface area (Å²) in [6.07, 6.45) is 0.992. The van der Waals surface area contributed by atoms with Gasteiger partial charge in [-0.25, -0.2) is 0 Å². The van der Waals surface area contributed by atoms with Crippen molar-refractivity contribution in [3.8, 4) is 0 Å². The van der Waals surface area contributed by atoms with E-state index in [1.165, 1.54) is 0 Å². The fourth-order valence-corrected chi connectivity index (χ4v) is 6.31. The Bertz CT molecular complexity index is 2150. The van der Waals surface area contributed by atoms with Gasteiger partial charge in [0.15, 0.2) is 0 Å². The lowest BCUT2D eigenvalue weighted by molar-refractivity contribution is -0.132. The standard InChI is InChI=1S/C45H80N20O16/c46-15-31(67)55-21-37(73)59-19-35(71)51-11-4-1-7-27(63-41(77)25-61-39(75)23-57-33(69)17-48)43(79)53-13-6-3-8-28(44(80)54-14-10-30(50)66)65-45(81)29(64-42(78)26-62-40(76)24-58-34(70)18-49)9-2-5-12-52-36(72)20-60-38(74)22-56-32(68)16-47/h27-29H,1-26,46-49H2,(H2,50,66)(H,51,71)(H,52,72)(H,53,79)(H,54,80)(H,55,67)(H,56,68)(H,57,69)(H,58,70)(H,59,73)(H,60,74)(H,61,75)(H,62,76)(H,63,77)(H,64,78)(H,65,81). The van der Waals surface area contributed by atoms with E-state index in [-0.39, 0.29) is 110 Å². The number of primary amides is 1. The van der Waals surface area contributed by atoms with Crippen LogP contribution in [0.5, 0.6) is 0 Å². The molecule has 3 unspecified atom stereocenters. The Hall–Kier alpha value is -8.64. The summed E-state index contributed by atoms with van der Waals surface area (Å²) in [5.74, 6) is -10.9. The van der Waals surface area contributed by atoms with Crippen LogP contribution in [0.3, 0.4) is 0 Å². The normalized spacial score (nSPS) is 11.5. The smallest absolute Gasteiger partial charge is 0.243 e. The molecule has 81 heavy (non-hydrogen) atoms. The number of unbranched alkanes of at least 4 members (excludes halogenated alkanes) is 3. The second-order valence-corrected chi connectivity index (χ2v) is 17.3. The summed E-state index contributed by atoms with van der Waals surface area (Å²) >= 11 is 0. The summed E-state index contributed by atoms with van der Waals surface area (Å²) in [5.41, 5.74) is 26.0. The zero-order valence-electron chi connectivity index (χ0n) is 45.0. The van der Waals surface area contributed by atoms with E-state index in [4.69, 9.17) is 28.7 Å². The Labute approximate surface area is 465 Å². The molecule has 25 N–H and O–H groups in total. The first-order valence-electron chi connectivity index (χ1n) is 25.7. The molecule has 36 nitrogen and oxygen atoms in total. The van der Waals surface area contributed by atoms with Crippen LogP contribution in [0.15, 0.2) is 0 Å². The first-order chi connectivity index (χ1) is 38.5. The predicted molar refractivity (Wildman–Crippen MR) is 283 cm³/mol. The van der Waals surface area contributed by atoms with Gasteiger partial charge in [-0.05, 0) is 57.8 Å². The van der Waals surface area contributed by atoms with Crippen molar-refractivity contribution in [1.82, 2.24) is 79.8 Å². The molecule has 0 heterocycles. The number of nitrogens with two attached hydrogens (primary N) is 5. The molecule has 0 saturated carbocycles. The molecule has 0 aliphatic rings. The third-order valence-corrected chi connectivity index (χ3v) is 10.6. The van der Waals surface area contributed by atoms with Crippen molar-refractivity contribution < 1.29 is 76.7 Å². The predicted octanol–water partition coefficient (Wildman–Crippen LogP) is -12.9. The van der Waals surface area contributed by atoms with Crippen LogP contribution >= 0.6 is 0 Å². The van der Waals surface area contributed by atoms with Gasteiger partial charge in [-0.2, -0.15) is 0 Å². The molecule has 456 valence electrons. The van der Waals surface area contributed by atoms with Gasteiger partial charge in [-0.3, -0.25) is 76.7 Å². The number of nitrogens with one attached hydrogen (secondary N) is 15. The second-order valence-electron chi connectivity index (χ2n) is 17.3. The van der Waals surface area contributed by atoms with Crippen molar-refractivity contribution in [3.05, 3.63) is 0 Å². The van der Waals surface area contributed by atoms with Crippen molar-refractivity contribution in [1.29, 1.82) is 0 Å². The van der Waals surface area contributed by atoms with Gasteiger partial charge in [0.2, 0.25) is 94.5 Å². The van der Waals surface area contributed by atoms with Crippen molar-refractivity contribution in [2.45, 2.75) is 82.3 Å². The summed E-state index contributed by atoms with van der Waals surface area (Å²) < 4.78 is 0. The Morgan fingerprint density at radius 1 is 0.259 bits per heavy atom. The van der Waals surface area contributed by atoms with Crippen molar-refractivity contribution in [2.24, 2.45) is 28.7 Å². The molecule has 0 spiro atoms. The molecule has 0 bridgehead atoms. The van der Waals surface area contributed by atoms with Crippen LogP contribution in [0, 0.1) is 0 Å². The van der Waals surface area contributed by atoms with E-state index < -0.39 is 165 Å². The quantitative estimate of drug-likeness (QED) is 0.0252. The van der Waals surface area contributed by atoms with Crippen LogP contribution in [0.2, 0.25) is 0 Å². The van der Waals surface area contributed by atoms with Gasteiger partial charge in [0.1, 0.15) is 18.1 Å². The maximum absolute atomic E-state index is 13.9. The van der Waals surface area contributed by atoms with E-state index in [2.05, 4.69) is 79.8 Å². The lowest BCUT2D eigenvalue weighted by Crippen LogP contribution is -2.55. The summed E-state index contributed by atoms with van der Waals surface area (Å²) in [4.78, 5) is 196. The summed E-state index contributed by atoms with van der Waals surface area (Å²) in [6, 6.07) is -3.80. The minimum Gasteiger partial charge on any atom is -0.370 e. The Kier molecular flexibility index (Phi) is 39.5. The van der Waals surface area contributed by atoms with Gasteiger partial charge < -0.3 is 108 Å². The van der Waals surface area contributed by atoms with Gasteiger partial charge in [-0.15, -0.1) is 0 Å². The molecule has 0 aromatic carbocycles. The van der Waals surface area contributed by atoms with E-state index in [1.54, 1.807) is 0 Å². The van der Waals surface area contributed by atoms with Crippen molar-refractivity contribution >= 4 is 94.5 Å². The maximum atomic E-state index is 13.9. The fraction of sp³-hybridized carbons (Fsp3) is 0.644. The zero-order chi connectivity index (χ0) is 61.0. The fourth-order valence-electron chi connectivity index (χ4n) is 6.31. The second kappa shape index (κ2) is 44.2. The minimum atomic E-state index is -1.34. The molecule has 0 aromatic heterocycles. The number of hydrogen-bond acceptors (Lipinski definition) is 20. The van der Waals surface area contributed by atoms with Gasteiger partial charge in [-0.1, -0.05) is 0 Å². The van der Waals surface area contributed by atoms with Crippen molar-refractivity contribution in [2.75, 3.05) is 105 Å². The Morgan fingerprint density at radius 3 is 0.815 bits per heavy atom. The molecule has 0 rings (SSSR count). The van der Waals surface area contributed by atoms with E-state index >= 15 is 0 Å². The summed E-state index contributed by atoms with van der Waals surface area (Å²) in [5, 5.41) is 36.1.